The third-order valence-corrected chi connectivity index (χ3v) is 2.68. The molecule has 1 aliphatic heterocycles. The number of methoxy groups -OCH3 is 1. The Bertz CT molecular complexity index is 321. The van der Waals surface area contributed by atoms with Crippen molar-refractivity contribution in [1.82, 2.24) is 5.32 Å². The summed E-state index contributed by atoms with van der Waals surface area (Å²) in [6.45, 7) is 1.15. The van der Waals surface area contributed by atoms with E-state index in [9.17, 15) is 0 Å². The molecule has 3 nitrogen and oxygen atoms in total. The molecule has 1 saturated heterocycles. The molecular formula is C11H15NO2. The van der Waals surface area contributed by atoms with Crippen LogP contribution in [0.2, 0.25) is 0 Å². The first-order valence-electron chi connectivity index (χ1n) is 4.86. The zero-order valence-corrected chi connectivity index (χ0v) is 8.29. The molecular weight excluding hydrogens is 178 g/mol. The number of rotatable bonds is 3. The molecule has 1 fully saturated rings. The van der Waals surface area contributed by atoms with Gasteiger partial charge in [0.05, 0.1) is 13.7 Å². The van der Waals surface area contributed by atoms with Gasteiger partial charge in [-0.15, -0.1) is 0 Å². The highest BCUT2D eigenvalue weighted by Gasteiger charge is 2.21. The van der Waals surface area contributed by atoms with Crippen LogP contribution in [0, 0.1) is 0 Å². The zero-order valence-electron chi connectivity index (χ0n) is 8.29. The van der Waals surface area contributed by atoms with Crippen LogP contribution in [-0.4, -0.2) is 18.8 Å². The van der Waals surface area contributed by atoms with E-state index in [1.54, 1.807) is 7.11 Å². The number of ether oxygens (including phenoxy) is 1. The van der Waals surface area contributed by atoms with E-state index in [2.05, 4.69) is 5.32 Å². The lowest BCUT2D eigenvalue weighted by Gasteiger charge is -2.29. The molecule has 1 aromatic rings. The molecule has 1 atom stereocenters. The smallest absolute Gasteiger partial charge is 0.123 e. The second-order valence-electron chi connectivity index (χ2n) is 3.53. The maximum atomic E-state index is 9.04. The minimum atomic E-state index is 0.0870. The van der Waals surface area contributed by atoms with Crippen LogP contribution in [0.25, 0.3) is 0 Å². The molecule has 1 unspecified atom stereocenters. The van der Waals surface area contributed by atoms with Crippen LogP contribution in [0.15, 0.2) is 18.2 Å². The molecule has 0 saturated carbocycles. The summed E-state index contributed by atoms with van der Waals surface area (Å²) in [5, 5.41) is 12.4. The minimum Gasteiger partial charge on any atom is -0.496 e. The highest BCUT2D eigenvalue weighted by Crippen LogP contribution is 2.31. The van der Waals surface area contributed by atoms with Crippen LogP contribution >= 0.6 is 0 Å². The van der Waals surface area contributed by atoms with Crippen LogP contribution < -0.4 is 10.1 Å². The number of hydrogen-bond donors (Lipinski definition) is 2. The summed E-state index contributed by atoms with van der Waals surface area (Å²) >= 11 is 0. The summed E-state index contributed by atoms with van der Waals surface area (Å²) in [5.74, 6) is 0.902. The average molecular weight is 193 g/mol. The van der Waals surface area contributed by atoms with Crippen LogP contribution in [-0.2, 0) is 6.61 Å². The Morgan fingerprint density at radius 3 is 2.86 bits per heavy atom. The number of benzene rings is 1. The topological polar surface area (TPSA) is 41.5 Å². The predicted octanol–water partition coefficient (Wildman–Crippen LogP) is 1.22. The van der Waals surface area contributed by atoms with Crippen LogP contribution in [0.4, 0.5) is 0 Å². The van der Waals surface area contributed by atoms with Crippen LogP contribution in [0.1, 0.15) is 23.6 Å². The van der Waals surface area contributed by atoms with Gasteiger partial charge in [0.2, 0.25) is 0 Å². The van der Waals surface area contributed by atoms with Gasteiger partial charge in [-0.25, -0.2) is 0 Å². The highest BCUT2D eigenvalue weighted by atomic mass is 16.5. The fourth-order valence-electron chi connectivity index (χ4n) is 1.71. The lowest BCUT2D eigenvalue weighted by Crippen LogP contribution is -2.35. The Hall–Kier alpha value is -1.06. The molecule has 0 bridgehead atoms. The van der Waals surface area contributed by atoms with E-state index in [-0.39, 0.29) is 6.61 Å². The number of hydrogen-bond acceptors (Lipinski definition) is 3. The van der Waals surface area contributed by atoms with Crippen LogP contribution in [0.3, 0.4) is 0 Å². The minimum absolute atomic E-state index is 0.0870. The molecule has 1 heterocycles. The Balaban J connectivity index is 2.31. The Morgan fingerprint density at radius 2 is 2.36 bits per heavy atom. The number of aliphatic hydroxyl groups is 1. The van der Waals surface area contributed by atoms with Gasteiger partial charge >= 0.3 is 0 Å². The fraction of sp³-hybridized carbons (Fsp3) is 0.455. The van der Waals surface area contributed by atoms with Gasteiger partial charge < -0.3 is 15.2 Å². The van der Waals surface area contributed by atoms with Gasteiger partial charge in [-0.3, -0.25) is 0 Å². The second-order valence-corrected chi connectivity index (χ2v) is 3.53. The molecule has 0 aliphatic carbocycles. The van der Waals surface area contributed by atoms with E-state index in [1.165, 1.54) is 0 Å². The monoisotopic (exact) mass is 193 g/mol. The lowest BCUT2D eigenvalue weighted by atomic mass is 9.95. The van der Waals surface area contributed by atoms with E-state index in [4.69, 9.17) is 9.84 Å². The number of nitrogens with one attached hydrogen (secondary N) is 1. The molecule has 0 amide bonds. The zero-order chi connectivity index (χ0) is 9.97. The maximum absolute atomic E-state index is 9.04. The van der Waals surface area contributed by atoms with Gasteiger partial charge in [0, 0.05) is 11.6 Å². The van der Waals surface area contributed by atoms with Crippen molar-refractivity contribution in [1.29, 1.82) is 0 Å². The first-order valence-corrected chi connectivity index (χ1v) is 4.86. The second kappa shape index (κ2) is 3.98. The Morgan fingerprint density at radius 1 is 1.57 bits per heavy atom. The van der Waals surface area contributed by atoms with Gasteiger partial charge in [-0.1, -0.05) is 6.07 Å². The SMILES string of the molecule is COc1ccc(CO)cc1C1CCN1. The fourth-order valence-corrected chi connectivity index (χ4v) is 1.71. The van der Waals surface area contributed by atoms with Gasteiger partial charge in [0.15, 0.2) is 0 Å². The van der Waals surface area contributed by atoms with Gasteiger partial charge in [0.1, 0.15) is 5.75 Å². The molecule has 2 rings (SSSR count). The normalized spacial score (nSPS) is 20.3. The summed E-state index contributed by atoms with van der Waals surface area (Å²) in [4.78, 5) is 0. The first kappa shape index (κ1) is 9.49. The van der Waals surface area contributed by atoms with E-state index < -0.39 is 0 Å². The summed E-state index contributed by atoms with van der Waals surface area (Å²) in [6.07, 6.45) is 1.14. The van der Waals surface area contributed by atoms with Crippen molar-refractivity contribution in [2.45, 2.75) is 19.1 Å². The van der Waals surface area contributed by atoms with E-state index >= 15 is 0 Å². The summed E-state index contributed by atoms with van der Waals surface area (Å²) in [7, 11) is 1.68. The van der Waals surface area contributed by atoms with Gasteiger partial charge in [-0.2, -0.15) is 0 Å². The van der Waals surface area contributed by atoms with Gasteiger partial charge in [-0.05, 0) is 30.7 Å². The van der Waals surface area contributed by atoms with E-state index in [0.29, 0.717) is 6.04 Å². The van der Waals surface area contributed by atoms with Crippen molar-refractivity contribution in [2.75, 3.05) is 13.7 Å². The Labute approximate surface area is 83.7 Å². The largest absolute Gasteiger partial charge is 0.496 e. The van der Waals surface area contributed by atoms with Crippen molar-refractivity contribution in [3.05, 3.63) is 29.3 Å². The standard InChI is InChI=1S/C11H15NO2/c1-14-11-3-2-8(7-13)6-9(11)10-4-5-12-10/h2-3,6,10,12-13H,4-5,7H2,1H3. The van der Waals surface area contributed by atoms with E-state index in [1.807, 2.05) is 18.2 Å². The lowest BCUT2D eigenvalue weighted by molar-refractivity contribution is 0.280. The maximum Gasteiger partial charge on any atom is 0.123 e. The molecule has 2 N–H and O–H groups in total. The first-order chi connectivity index (χ1) is 6.85. The van der Waals surface area contributed by atoms with Gasteiger partial charge in [0.25, 0.3) is 0 Å². The molecule has 0 radical (unpaired) electrons. The van der Waals surface area contributed by atoms with Crippen molar-refractivity contribution in [2.24, 2.45) is 0 Å². The highest BCUT2D eigenvalue weighted by molar-refractivity contribution is 5.40. The van der Waals surface area contributed by atoms with Crippen molar-refractivity contribution < 1.29 is 9.84 Å². The molecule has 1 aliphatic rings. The molecule has 0 spiro atoms. The molecule has 14 heavy (non-hydrogen) atoms. The van der Waals surface area contributed by atoms with Crippen molar-refractivity contribution >= 4 is 0 Å². The van der Waals surface area contributed by atoms with Crippen molar-refractivity contribution in [3.8, 4) is 5.75 Å². The summed E-state index contributed by atoms with van der Waals surface area (Å²) in [6, 6.07) is 6.22. The quantitative estimate of drug-likeness (QED) is 0.758. The summed E-state index contributed by atoms with van der Waals surface area (Å²) in [5.41, 5.74) is 2.10. The third-order valence-electron chi connectivity index (χ3n) is 2.68. The molecule has 76 valence electrons. The molecule has 1 aromatic carbocycles. The number of aliphatic hydroxyl groups excluding tert-OH is 1. The van der Waals surface area contributed by atoms with E-state index in [0.717, 1.165) is 29.8 Å². The third kappa shape index (κ3) is 1.61. The predicted molar refractivity (Wildman–Crippen MR) is 54.3 cm³/mol. The average Bonchev–Trinajstić information content (AvgIpc) is 2.15. The van der Waals surface area contributed by atoms with Crippen molar-refractivity contribution in [3.63, 3.8) is 0 Å². The Kier molecular flexibility index (Phi) is 2.70. The molecule has 3 heteroatoms. The summed E-state index contributed by atoms with van der Waals surface area (Å²) < 4.78 is 5.28. The molecule has 0 aromatic heterocycles. The van der Waals surface area contributed by atoms with Crippen LogP contribution in [0.5, 0.6) is 5.75 Å².